The lowest BCUT2D eigenvalue weighted by Crippen LogP contribution is -2.69. The first-order valence-corrected chi connectivity index (χ1v) is 14.1. The molecule has 0 saturated heterocycles. The van der Waals surface area contributed by atoms with Crippen LogP contribution < -0.4 is 0 Å². The minimum absolute atomic E-state index is 0.0964. The summed E-state index contributed by atoms with van der Waals surface area (Å²) in [6.45, 7) is 7.66. The second-order valence-electron chi connectivity index (χ2n) is 11.7. The molecule has 0 aromatic heterocycles. The van der Waals surface area contributed by atoms with Gasteiger partial charge in [-0.2, -0.15) is 0 Å². The van der Waals surface area contributed by atoms with E-state index in [9.17, 15) is 23.9 Å². The van der Waals surface area contributed by atoms with Crippen molar-refractivity contribution >= 4 is 40.7 Å². The van der Waals surface area contributed by atoms with Gasteiger partial charge >= 0.3 is 5.97 Å². The van der Waals surface area contributed by atoms with E-state index in [1.54, 1.807) is 13.0 Å². The number of halogens is 3. The van der Waals surface area contributed by atoms with Crippen molar-refractivity contribution < 1.29 is 28.6 Å². The lowest BCUT2D eigenvalue weighted by atomic mass is 9.45. The van der Waals surface area contributed by atoms with Crippen LogP contribution in [-0.4, -0.2) is 45.1 Å². The number of alkyl halides is 2. The molecule has 0 unspecified atom stereocenters. The van der Waals surface area contributed by atoms with Gasteiger partial charge in [-0.3, -0.25) is 14.4 Å². The van der Waals surface area contributed by atoms with Crippen LogP contribution in [0.15, 0.2) is 23.6 Å². The van der Waals surface area contributed by atoms with Crippen LogP contribution in [0.25, 0.3) is 0 Å². The van der Waals surface area contributed by atoms with E-state index in [1.807, 2.05) is 20.8 Å². The van der Waals surface area contributed by atoms with Crippen molar-refractivity contribution in [3.63, 3.8) is 0 Å². The summed E-state index contributed by atoms with van der Waals surface area (Å²) in [5.41, 5.74) is -3.09. The van der Waals surface area contributed by atoms with Gasteiger partial charge in [-0.05, 0) is 55.6 Å². The number of Topliss-reactive ketones (excluding diaryl/α,β-unsaturated/α-hetero) is 1. The molecule has 36 heavy (non-hydrogen) atoms. The maximum Gasteiger partial charge on any atom is 0.306 e. The molecule has 4 aliphatic carbocycles. The largest absolute Gasteiger partial charge is 0.450 e. The predicted octanol–water partition coefficient (Wildman–Crippen LogP) is 5.84. The first-order valence-electron chi connectivity index (χ1n) is 13.2. The number of ether oxygens (including phenoxy) is 1. The molecular weight excluding hydrogens is 506 g/mol. The molecule has 0 amide bonds. The summed E-state index contributed by atoms with van der Waals surface area (Å²) in [7, 11) is 0. The van der Waals surface area contributed by atoms with Crippen molar-refractivity contribution in [2.75, 3.05) is 5.88 Å². The van der Waals surface area contributed by atoms with Gasteiger partial charge in [0.05, 0.1) is 16.9 Å². The number of hydrogen-bond donors (Lipinski definition) is 1. The fraction of sp³-hybridized carbons (Fsp3) is 0.750. The average molecular weight is 544 g/mol. The van der Waals surface area contributed by atoms with Crippen LogP contribution in [0, 0.1) is 28.6 Å². The Kier molecular flexibility index (Phi) is 7.33. The van der Waals surface area contributed by atoms with Gasteiger partial charge < -0.3 is 9.84 Å². The number of ketones is 2. The highest BCUT2D eigenvalue weighted by Crippen LogP contribution is 2.72. The van der Waals surface area contributed by atoms with Gasteiger partial charge in [0.25, 0.3) is 0 Å². The minimum atomic E-state index is -1.47. The molecule has 3 fully saturated rings. The van der Waals surface area contributed by atoms with Crippen molar-refractivity contribution in [1.29, 1.82) is 0 Å². The molecule has 3 saturated carbocycles. The SMILES string of the molecule is CCCCCC(=O)O[C@]1(C(=O)CCl)[C@H](C)C[C@H]2[C@@H]3CCC4=C(F)C(=O)C=C[C@]4(C)[C@@]3(Cl)[C@@H](O)C[C@@]21C. The van der Waals surface area contributed by atoms with E-state index in [4.69, 9.17) is 27.9 Å². The summed E-state index contributed by atoms with van der Waals surface area (Å²) >= 11 is 13.5. The smallest absolute Gasteiger partial charge is 0.306 e. The molecule has 1 N–H and O–H groups in total. The Hall–Kier alpha value is -1.24. The van der Waals surface area contributed by atoms with Gasteiger partial charge in [-0.15, -0.1) is 23.2 Å². The van der Waals surface area contributed by atoms with Gasteiger partial charge in [0.15, 0.2) is 17.2 Å². The molecular formula is C28H37Cl2FO5. The Morgan fingerprint density at radius 1 is 1.25 bits per heavy atom. The van der Waals surface area contributed by atoms with Gasteiger partial charge in [0.1, 0.15) is 0 Å². The van der Waals surface area contributed by atoms with Crippen LogP contribution in [0.2, 0.25) is 0 Å². The first-order chi connectivity index (χ1) is 16.8. The average Bonchev–Trinajstić information content (AvgIpc) is 3.04. The zero-order valence-corrected chi connectivity index (χ0v) is 23.1. The fourth-order valence-electron chi connectivity index (χ4n) is 8.33. The number of unbranched alkanes of at least 4 members (excludes halogenated alkanes) is 2. The van der Waals surface area contributed by atoms with Crippen molar-refractivity contribution in [3.8, 4) is 0 Å². The third-order valence-electron chi connectivity index (χ3n) is 10.1. The number of fused-ring (bicyclic) bond motifs is 5. The Morgan fingerprint density at radius 3 is 2.58 bits per heavy atom. The normalized spacial score (nSPS) is 43.6. The number of hydrogen-bond acceptors (Lipinski definition) is 5. The molecule has 8 atom stereocenters. The summed E-state index contributed by atoms with van der Waals surface area (Å²) in [4.78, 5) is 37.4. The summed E-state index contributed by atoms with van der Waals surface area (Å²) in [5.74, 6) is -3.33. The van der Waals surface area contributed by atoms with E-state index in [-0.39, 0.29) is 42.3 Å². The molecule has 0 heterocycles. The van der Waals surface area contributed by atoms with Crippen LogP contribution >= 0.6 is 23.2 Å². The Labute approximate surface area is 222 Å². The highest BCUT2D eigenvalue weighted by Gasteiger charge is 2.76. The van der Waals surface area contributed by atoms with Gasteiger partial charge in [0, 0.05) is 23.2 Å². The highest BCUT2D eigenvalue weighted by molar-refractivity contribution is 6.29. The third-order valence-corrected chi connectivity index (χ3v) is 11.2. The van der Waals surface area contributed by atoms with Crippen molar-refractivity contribution in [3.05, 3.63) is 23.6 Å². The highest BCUT2D eigenvalue weighted by atomic mass is 35.5. The van der Waals surface area contributed by atoms with E-state index >= 15 is 0 Å². The predicted molar refractivity (Wildman–Crippen MR) is 136 cm³/mol. The Balaban J connectivity index is 1.78. The molecule has 0 aromatic rings. The van der Waals surface area contributed by atoms with Crippen molar-refractivity contribution in [2.45, 2.75) is 95.6 Å². The zero-order chi connectivity index (χ0) is 26.7. The lowest BCUT2D eigenvalue weighted by Gasteiger charge is -2.64. The molecule has 0 aromatic carbocycles. The van der Waals surface area contributed by atoms with Crippen LogP contribution in [0.5, 0.6) is 0 Å². The van der Waals surface area contributed by atoms with Crippen LogP contribution in [0.4, 0.5) is 4.39 Å². The van der Waals surface area contributed by atoms with Gasteiger partial charge in [0.2, 0.25) is 5.78 Å². The molecule has 8 heteroatoms. The molecule has 0 spiro atoms. The standard InChI is InChI=1S/C28H37Cl2FO5/c1-5-6-7-8-23(35)36-28(22(34)15-29)16(2)13-19-17-9-10-18-24(31)20(32)11-12-25(18,3)27(17,30)21(33)14-26(19,28)4/h11-12,16-17,19,21,33H,5-10,13-15H2,1-4H3/t16-,17+,19+,21+,25+,26+,27+,28+/m1/s1. The second-order valence-corrected chi connectivity index (χ2v) is 12.6. The topological polar surface area (TPSA) is 80.7 Å². The maximum atomic E-state index is 15.0. The van der Waals surface area contributed by atoms with Crippen LogP contribution in [-0.2, 0) is 19.1 Å². The molecule has 0 radical (unpaired) electrons. The minimum Gasteiger partial charge on any atom is -0.450 e. The van der Waals surface area contributed by atoms with E-state index in [0.29, 0.717) is 31.3 Å². The molecule has 5 nitrogen and oxygen atoms in total. The van der Waals surface area contributed by atoms with E-state index in [1.165, 1.54) is 6.08 Å². The van der Waals surface area contributed by atoms with Crippen LogP contribution in [0.1, 0.15) is 79.1 Å². The summed E-state index contributed by atoms with van der Waals surface area (Å²) < 4.78 is 21.1. The molecule has 4 aliphatic rings. The first kappa shape index (κ1) is 27.8. The van der Waals surface area contributed by atoms with E-state index in [2.05, 4.69) is 0 Å². The number of carbonyl (C=O) groups excluding carboxylic acids is 3. The van der Waals surface area contributed by atoms with Crippen molar-refractivity contribution in [1.82, 2.24) is 0 Å². The summed E-state index contributed by atoms with van der Waals surface area (Å²) in [5, 5.41) is 11.7. The number of rotatable bonds is 7. The fourth-order valence-corrected chi connectivity index (χ4v) is 9.04. The monoisotopic (exact) mass is 542 g/mol. The number of carbonyl (C=O) groups is 3. The molecule has 0 bridgehead atoms. The van der Waals surface area contributed by atoms with Crippen molar-refractivity contribution in [2.24, 2.45) is 28.6 Å². The Bertz CT molecular complexity index is 1030. The summed E-state index contributed by atoms with van der Waals surface area (Å²) in [6.07, 6.45) is 5.90. The van der Waals surface area contributed by atoms with E-state index < -0.39 is 45.0 Å². The Morgan fingerprint density at radius 2 is 1.94 bits per heavy atom. The molecule has 4 rings (SSSR count). The second kappa shape index (κ2) is 9.50. The van der Waals surface area contributed by atoms with E-state index in [0.717, 1.165) is 12.8 Å². The van der Waals surface area contributed by atoms with Crippen LogP contribution in [0.3, 0.4) is 0 Å². The quantitative estimate of drug-likeness (QED) is 0.248. The third kappa shape index (κ3) is 3.53. The number of esters is 1. The molecule has 200 valence electrons. The lowest BCUT2D eigenvalue weighted by molar-refractivity contribution is -0.200. The maximum absolute atomic E-state index is 15.0. The summed E-state index contributed by atoms with van der Waals surface area (Å²) in [6, 6.07) is 0. The zero-order valence-electron chi connectivity index (χ0n) is 21.5. The molecule has 0 aliphatic heterocycles. The number of aliphatic hydroxyl groups is 1. The number of allylic oxidation sites excluding steroid dienone is 4. The van der Waals surface area contributed by atoms with Gasteiger partial charge in [-0.25, -0.2) is 4.39 Å². The number of aliphatic hydroxyl groups excluding tert-OH is 1. The van der Waals surface area contributed by atoms with Gasteiger partial charge in [-0.1, -0.05) is 46.6 Å².